The highest BCUT2D eigenvalue weighted by atomic mass is 32.1. The van der Waals surface area contributed by atoms with Crippen LogP contribution in [0.15, 0.2) is 47.1 Å². The smallest absolute Gasteiger partial charge is 0.293 e. The Morgan fingerprint density at radius 3 is 2.24 bits per heavy atom. The monoisotopic (exact) mass is 414 g/mol. The van der Waals surface area contributed by atoms with Gasteiger partial charge >= 0.3 is 0 Å². The molecule has 0 saturated carbocycles. The summed E-state index contributed by atoms with van der Waals surface area (Å²) in [5.74, 6) is 0.00202. The molecule has 29 heavy (non-hydrogen) atoms. The lowest BCUT2D eigenvalue weighted by molar-refractivity contribution is -0.139. The van der Waals surface area contributed by atoms with Gasteiger partial charge in [-0.05, 0) is 48.6 Å². The predicted molar refractivity (Wildman–Crippen MR) is 117 cm³/mol. The molecular formula is C21H26N4O3S. The molecule has 1 saturated heterocycles. The topological polar surface area (TPSA) is 77.8 Å². The zero-order valence-electron chi connectivity index (χ0n) is 16.9. The van der Waals surface area contributed by atoms with E-state index in [1.54, 1.807) is 12.1 Å². The SMILES string of the molecule is CC(C)(C)C(=O)N1CCN(c2ccc(NC(=S)NC(=O)c3ccco3)cc2)CC1. The van der Waals surface area contributed by atoms with Gasteiger partial charge in [0.2, 0.25) is 5.91 Å². The number of hydrogen-bond acceptors (Lipinski definition) is 5. The van der Waals surface area contributed by atoms with Gasteiger partial charge in [0.25, 0.3) is 5.91 Å². The number of anilines is 2. The molecule has 154 valence electrons. The highest BCUT2D eigenvalue weighted by Crippen LogP contribution is 2.22. The molecule has 0 radical (unpaired) electrons. The van der Waals surface area contributed by atoms with Crippen molar-refractivity contribution < 1.29 is 14.0 Å². The van der Waals surface area contributed by atoms with Crippen molar-refractivity contribution in [2.45, 2.75) is 20.8 Å². The molecule has 2 amide bonds. The first-order valence-electron chi connectivity index (χ1n) is 9.54. The minimum atomic E-state index is -0.396. The maximum Gasteiger partial charge on any atom is 0.293 e. The van der Waals surface area contributed by atoms with Crippen molar-refractivity contribution in [3.63, 3.8) is 0 Å². The third-order valence-corrected chi connectivity index (χ3v) is 4.87. The Labute approximate surface area is 176 Å². The van der Waals surface area contributed by atoms with Crippen molar-refractivity contribution in [1.29, 1.82) is 0 Å². The number of amides is 2. The number of benzene rings is 1. The summed E-state index contributed by atoms with van der Waals surface area (Å²) in [4.78, 5) is 28.5. The Bertz CT molecular complexity index is 864. The van der Waals surface area contributed by atoms with Crippen LogP contribution in [0.3, 0.4) is 0 Å². The number of nitrogens with zero attached hydrogens (tertiary/aromatic N) is 2. The van der Waals surface area contributed by atoms with Crippen molar-refractivity contribution in [1.82, 2.24) is 10.2 Å². The van der Waals surface area contributed by atoms with Gasteiger partial charge in [0.15, 0.2) is 10.9 Å². The largest absolute Gasteiger partial charge is 0.459 e. The second kappa shape index (κ2) is 8.65. The number of hydrogen-bond donors (Lipinski definition) is 2. The normalized spacial score (nSPS) is 14.4. The first kappa shape index (κ1) is 20.9. The van der Waals surface area contributed by atoms with Crippen LogP contribution in [0.2, 0.25) is 0 Å². The van der Waals surface area contributed by atoms with Crippen molar-refractivity contribution in [2.75, 3.05) is 36.4 Å². The van der Waals surface area contributed by atoms with Crippen LogP contribution in [0.5, 0.6) is 0 Å². The Morgan fingerprint density at radius 1 is 1.03 bits per heavy atom. The molecule has 3 rings (SSSR count). The predicted octanol–water partition coefficient (Wildman–Crippen LogP) is 3.10. The van der Waals surface area contributed by atoms with Crippen LogP contribution in [-0.2, 0) is 4.79 Å². The second-order valence-electron chi connectivity index (χ2n) is 7.96. The lowest BCUT2D eigenvalue weighted by Crippen LogP contribution is -2.51. The van der Waals surface area contributed by atoms with E-state index < -0.39 is 5.91 Å². The van der Waals surface area contributed by atoms with Crippen LogP contribution < -0.4 is 15.5 Å². The second-order valence-corrected chi connectivity index (χ2v) is 8.37. The van der Waals surface area contributed by atoms with Crippen LogP contribution in [0.25, 0.3) is 0 Å². The Kier molecular flexibility index (Phi) is 6.22. The fourth-order valence-electron chi connectivity index (χ4n) is 3.13. The molecule has 7 nitrogen and oxygen atoms in total. The molecule has 1 fully saturated rings. The lowest BCUT2D eigenvalue weighted by atomic mass is 9.94. The van der Waals surface area contributed by atoms with E-state index >= 15 is 0 Å². The van der Waals surface area contributed by atoms with Crippen LogP contribution >= 0.6 is 12.2 Å². The fourth-order valence-corrected chi connectivity index (χ4v) is 3.34. The van der Waals surface area contributed by atoms with Gasteiger partial charge in [0.1, 0.15) is 0 Å². The van der Waals surface area contributed by atoms with Crippen molar-refractivity contribution in [2.24, 2.45) is 5.41 Å². The van der Waals surface area contributed by atoms with Crippen LogP contribution in [-0.4, -0.2) is 48.0 Å². The molecule has 1 aliphatic rings. The summed E-state index contributed by atoms with van der Waals surface area (Å²) < 4.78 is 5.04. The van der Waals surface area contributed by atoms with E-state index in [0.29, 0.717) is 0 Å². The summed E-state index contributed by atoms with van der Waals surface area (Å²) in [6, 6.07) is 11.0. The summed E-state index contributed by atoms with van der Waals surface area (Å²) >= 11 is 5.18. The fraction of sp³-hybridized carbons (Fsp3) is 0.381. The highest BCUT2D eigenvalue weighted by molar-refractivity contribution is 7.80. The number of piperazine rings is 1. The van der Waals surface area contributed by atoms with Gasteiger partial charge in [0.05, 0.1) is 6.26 Å². The molecule has 1 aromatic heterocycles. The molecule has 2 aromatic rings. The van der Waals surface area contributed by atoms with Crippen molar-refractivity contribution >= 4 is 40.5 Å². The quantitative estimate of drug-likeness (QED) is 0.752. The number of furan rings is 1. The molecule has 0 bridgehead atoms. The summed E-state index contributed by atoms with van der Waals surface area (Å²) in [6.07, 6.45) is 1.43. The Balaban J connectivity index is 1.51. The Morgan fingerprint density at radius 2 is 1.69 bits per heavy atom. The third-order valence-electron chi connectivity index (χ3n) is 4.67. The lowest BCUT2D eigenvalue weighted by Gasteiger charge is -2.38. The van der Waals surface area contributed by atoms with E-state index in [0.717, 1.165) is 37.6 Å². The molecule has 1 aliphatic heterocycles. The molecule has 8 heteroatoms. The van der Waals surface area contributed by atoms with Gasteiger partial charge in [0, 0.05) is 43.0 Å². The van der Waals surface area contributed by atoms with Crippen molar-refractivity contribution in [3.05, 3.63) is 48.4 Å². The average molecular weight is 415 g/mol. The number of carbonyl (C=O) groups is 2. The van der Waals surface area contributed by atoms with Crippen LogP contribution in [0.1, 0.15) is 31.3 Å². The van der Waals surface area contributed by atoms with Crippen molar-refractivity contribution in [3.8, 4) is 0 Å². The molecule has 2 N–H and O–H groups in total. The number of rotatable bonds is 3. The number of thiocarbonyl (C=S) groups is 1. The van der Waals surface area contributed by atoms with Gasteiger partial charge < -0.3 is 19.5 Å². The maximum atomic E-state index is 12.4. The third kappa shape index (κ3) is 5.35. The van der Waals surface area contributed by atoms with E-state index in [-0.39, 0.29) is 22.2 Å². The van der Waals surface area contributed by atoms with Gasteiger partial charge in [-0.25, -0.2) is 0 Å². The van der Waals surface area contributed by atoms with Gasteiger partial charge in [-0.1, -0.05) is 20.8 Å². The van der Waals surface area contributed by atoms with Gasteiger partial charge in [-0.15, -0.1) is 0 Å². The molecule has 2 heterocycles. The van der Waals surface area contributed by atoms with Crippen LogP contribution in [0, 0.1) is 5.41 Å². The zero-order chi connectivity index (χ0) is 21.0. The first-order chi connectivity index (χ1) is 13.7. The van der Waals surface area contributed by atoms with E-state index in [4.69, 9.17) is 16.6 Å². The first-order valence-corrected chi connectivity index (χ1v) is 9.95. The summed E-state index contributed by atoms with van der Waals surface area (Å²) in [6.45, 7) is 8.90. The van der Waals surface area contributed by atoms with E-state index in [9.17, 15) is 9.59 Å². The molecule has 1 aromatic carbocycles. The highest BCUT2D eigenvalue weighted by Gasteiger charge is 2.29. The summed E-state index contributed by atoms with van der Waals surface area (Å²) in [5.41, 5.74) is 1.52. The number of carbonyl (C=O) groups excluding carboxylic acids is 2. The molecular weight excluding hydrogens is 388 g/mol. The molecule has 0 atom stereocenters. The standard InChI is InChI=1S/C21H26N4O3S/c1-21(2,3)19(27)25-12-10-24(11-13-25)16-8-6-15(7-9-16)22-20(29)23-18(26)17-5-4-14-28-17/h4-9,14H,10-13H2,1-3H3,(H2,22,23,26,29). The van der Waals surface area contributed by atoms with Crippen LogP contribution in [0.4, 0.5) is 11.4 Å². The molecule has 0 unspecified atom stereocenters. The maximum absolute atomic E-state index is 12.4. The van der Waals surface area contributed by atoms with E-state index in [1.165, 1.54) is 6.26 Å². The Hall–Kier alpha value is -2.87. The minimum absolute atomic E-state index is 0.196. The summed E-state index contributed by atoms with van der Waals surface area (Å²) in [5, 5.41) is 5.77. The number of nitrogens with one attached hydrogen (secondary N) is 2. The zero-order valence-corrected chi connectivity index (χ0v) is 17.7. The van der Waals surface area contributed by atoms with E-state index in [2.05, 4.69) is 15.5 Å². The molecule has 0 aliphatic carbocycles. The van der Waals surface area contributed by atoms with Gasteiger partial charge in [-0.3, -0.25) is 14.9 Å². The minimum Gasteiger partial charge on any atom is -0.459 e. The van der Waals surface area contributed by atoms with Gasteiger partial charge in [-0.2, -0.15) is 0 Å². The summed E-state index contributed by atoms with van der Waals surface area (Å²) in [7, 11) is 0. The average Bonchev–Trinajstić information content (AvgIpc) is 3.22. The molecule has 0 spiro atoms. The van der Waals surface area contributed by atoms with E-state index in [1.807, 2.05) is 49.9 Å².